The van der Waals surface area contributed by atoms with Crippen LogP contribution < -0.4 is 19.6 Å². The van der Waals surface area contributed by atoms with Gasteiger partial charge in [-0.3, -0.25) is 9.78 Å². The summed E-state index contributed by atoms with van der Waals surface area (Å²) in [5.41, 5.74) is 4.74. The van der Waals surface area contributed by atoms with E-state index < -0.39 is 6.10 Å². The topological polar surface area (TPSA) is 91.3 Å². The molecular formula is C23H25N3O5. The van der Waals surface area contributed by atoms with Crippen LogP contribution in [-0.4, -0.2) is 45.0 Å². The van der Waals surface area contributed by atoms with E-state index in [1.807, 2.05) is 37.3 Å². The molecule has 2 aromatic carbocycles. The largest absolute Gasteiger partial charge is 0.493 e. The van der Waals surface area contributed by atoms with Crippen molar-refractivity contribution in [3.8, 4) is 17.2 Å². The predicted octanol–water partition coefficient (Wildman–Crippen LogP) is 3.49. The molecule has 1 heterocycles. The van der Waals surface area contributed by atoms with Gasteiger partial charge in [-0.15, -0.1) is 0 Å². The molecule has 162 valence electrons. The van der Waals surface area contributed by atoms with Gasteiger partial charge in [0, 0.05) is 23.8 Å². The predicted molar refractivity (Wildman–Crippen MR) is 118 cm³/mol. The summed E-state index contributed by atoms with van der Waals surface area (Å²) in [7, 11) is 4.60. The number of fused-ring (bicyclic) bond motifs is 1. The van der Waals surface area contributed by atoms with E-state index in [2.05, 4.69) is 15.5 Å². The van der Waals surface area contributed by atoms with E-state index in [4.69, 9.17) is 18.9 Å². The minimum Gasteiger partial charge on any atom is -0.493 e. The van der Waals surface area contributed by atoms with Gasteiger partial charge in [0.25, 0.3) is 5.91 Å². The number of carbonyl (C=O) groups is 1. The van der Waals surface area contributed by atoms with E-state index in [0.717, 1.165) is 16.5 Å². The van der Waals surface area contributed by atoms with E-state index in [1.54, 1.807) is 18.3 Å². The average molecular weight is 423 g/mol. The number of amides is 1. The van der Waals surface area contributed by atoms with Crippen LogP contribution in [-0.2, 0) is 9.53 Å². The highest BCUT2D eigenvalue weighted by Gasteiger charge is 2.23. The first-order chi connectivity index (χ1) is 15.1. The van der Waals surface area contributed by atoms with Crippen LogP contribution in [0.4, 0.5) is 0 Å². The second kappa shape index (κ2) is 10.4. The maximum Gasteiger partial charge on any atom is 0.273 e. The quantitative estimate of drug-likeness (QED) is 0.418. The minimum absolute atomic E-state index is 0.366. The highest BCUT2D eigenvalue weighted by Crippen LogP contribution is 2.37. The molecule has 1 amide bonds. The Kier molecular flexibility index (Phi) is 7.40. The lowest BCUT2D eigenvalue weighted by Crippen LogP contribution is -2.27. The van der Waals surface area contributed by atoms with Crippen LogP contribution in [0, 0.1) is 0 Å². The normalized spacial score (nSPS) is 12.0. The Morgan fingerprint density at radius 3 is 2.48 bits per heavy atom. The Bertz CT molecular complexity index is 1050. The molecule has 3 aromatic rings. The van der Waals surface area contributed by atoms with Crippen molar-refractivity contribution in [2.75, 3.05) is 27.9 Å². The molecule has 1 N–H and O–H groups in total. The fourth-order valence-electron chi connectivity index (χ4n) is 3.23. The van der Waals surface area contributed by atoms with Crippen molar-refractivity contribution >= 4 is 23.0 Å². The van der Waals surface area contributed by atoms with E-state index in [0.29, 0.717) is 29.4 Å². The average Bonchev–Trinajstić information content (AvgIpc) is 2.81. The number of nitrogens with one attached hydrogen (secondary N) is 1. The van der Waals surface area contributed by atoms with Gasteiger partial charge < -0.3 is 18.9 Å². The third kappa shape index (κ3) is 4.92. The van der Waals surface area contributed by atoms with Crippen molar-refractivity contribution in [3.05, 3.63) is 59.8 Å². The summed E-state index contributed by atoms with van der Waals surface area (Å²) in [5, 5.41) is 4.94. The van der Waals surface area contributed by atoms with Gasteiger partial charge in [0.1, 0.15) is 0 Å². The molecule has 1 aromatic heterocycles. The molecule has 8 nitrogen and oxygen atoms in total. The van der Waals surface area contributed by atoms with Gasteiger partial charge in [-0.1, -0.05) is 18.2 Å². The smallest absolute Gasteiger partial charge is 0.273 e. The molecule has 3 rings (SSSR count). The van der Waals surface area contributed by atoms with Crippen LogP contribution in [0.15, 0.2) is 53.8 Å². The molecule has 0 saturated carbocycles. The second-order valence-corrected chi connectivity index (χ2v) is 6.45. The van der Waals surface area contributed by atoms with Crippen LogP contribution in [0.5, 0.6) is 17.2 Å². The summed E-state index contributed by atoms with van der Waals surface area (Å²) in [4.78, 5) is 17.2. The van der Waals surface area contributed by atoms with E-state index in [1.165, 1.54) is 27.5 Å². The molecule has 0 aliphatic heterocycles. The van der Waals surface area contributed by atoms with Crippen LogP contribution in [0.1, 0.15) is 24.2 Å². The lowest BCUT2D eigenvalue weighted by Gasteiger charge is -2.17. The number of methoxy groups -OCH3 is 3. The first kappa shape index (κ1) is 22.0. The van der Waals surface area contributed by atoms with Crippen molar-refractivity contribution < 1.29 is 23.7 Å². The Hall–Kier alpha value is -3.65. The number of benzene rings is 2. The van der Waals surface area contributed by atoms with Crippen LogP contribution in [0.25, 0.3) is 10.9 Å². The first-order valence-electron chi connectivity index (χ1n) is 9.71. The number of hydrogen-bond donors (Lipinski definition) is 1. The zero-order chi connectivity index (χ0) is 22.2. The van der Waals surface area contributed by atoms with Crippen molar-refractivity contribution in [1.82, 2.24) is 10.4 Å². The van der Waals surface area contributed by atoms with Gasteiger partial charge in [0.05, 0.1) is 33.1 Å². The summed E-state index contributed by atoms with van der Waals surface area (Å²) in [6.07, 6.45) is 2.38. The molecule has 1 atom stereocenters. The van der Waals surface area contributed by atoms with Crippen LogP contribution in [0.3, 0.4) is 0 Å². The standard InChI is InChI=1S/C23H25N3O5/c1-5-31-21(17-8-6-10-18-16(17)9-7-11-24-18)23(27)26-25-14-15-12-19(28-2)22(30-4)20(13-15)29-3/h6-14,21H,5H2,1-4H3,(H,26,27)/b25-14+. The van der Waals surface area contributed by atoms with Crippen molar-refractivity contribution in [1.29, 1.82) is 0 Å². The van der Waals surface area contributed by atoms with Gasteiger partial charge in [-0.2, -0.15) is 5.10 Å². The maximum absolute atomic E-state index is 12.9. The zero-order valence-electron chi connectivity index (χ0n) is 17.9. The zero-order valence-corrected chi connectivity index (χ0v) is 17.9. The van der Waals surface area contributed by atoms with Gasteiger partial charge in [-0.05, 0) is 36.8 Å². The number of hydrogen-bond acceptors (Lipinski definition) is 7. The van der Waals surface area contributed by atoms with Gasteiger partial charge in [0.2, 0.25) is 5.75 Å². The first-order valence-corrected chi connectivity index (χ1v) is 9.71. The van der Waals surface area contributed by atoms with E-state index in [-0.39, 0.29) is 5.91 Å². The maximum atomic E-state index is 12.9. The summed E-state index contributed by atoms with van der Waals surface area (Å²) in [6, 6.07) is 12.8. The summed E-state index contributed by atoms with van der Waals surface area (Å²) in [5.74, 6) is 1.07. The minimum atomic E-state index is -0.824. The van der Waals surface area contributed by atoms with Crippen molar-refractivity contribution in [3.63, 3.8) is 0 Å². The molecule has 1 unspecified atom stereocenters. The number of rotatable bonds is 9. The Morgan fingerprint density at radius 2 is 1.84 bits per heavy atom. The highest BCUT2D eigenvalue weighted by molar-refractivity contribution is 5.91. The SMILES string of the molecule is CCOC(C(=O)N/N=C/c1cc(OC)c(OC)c(OC)c1)c1cccc2ncccc12. The number of aromatic nitrogens is 1. The lowest BCUT2D eigenvalue weighted by atomic mass is 10.0. The number of nitrogens with zero attached hydrogens (tertiary/aromatic N) is 2. The molecular weight excluding hydrogens is 398 g/mol. The number of carbonyl (C=O) groups excluding carboxylic acids is 1. The van der Waals surface area contributed by atoms with Crippen LogP contribution >= 0.6 is 0 Å². The van der Waals surface area contributed by atoms with Gasteiger partial charge >= 0.3 is 0 Å². The monoisotopic (exact) mass is 423 g/mol. The Morgan fingerprint density at radius 1 is 1.10 bits per heavy atom. The second-order valence-electron chi connectivity index (χ2n) is 6.45. The molecule has 0 saturated heterocycles. The Labute approximate surface area is 180 Å². The molecule has 0 fully saturated rings. The molecule has 0 aliphatic carbocycles. The molecule has 31 heavy (non-hydrogen) atoms. The molecule has 0 aliphatic rings. The number of pyridine rings is 1. The van der Waals surface area contributed by atoms with Gasteiger partial charge in [0.15, 0.2) is 17.6 Å². The third-order valence-electron chi connectivity index (χ3n) is 4.61. The lowest BCUT2D eigenvalue weighted by molar-refractivity contribution is -0.132. The molecule has 0 radical (unpaired) electrons. The molecule has 0 bridgehead atoms. The Balaban J connectivity index is 1.83. The number of ether oxygens (including phenoxy) is 4. The van der Waals surface area contributed by atoms with Crippen LogP contribution in [0.2, 0.25) is 0 Å². The summed E-state index contributed by atoms with van der Waals surface area (Å²) in [6.45, 7) is 2.20. The van der Waals surface area contributed by atoms with E-state index in [9.17, 15) is 4.79 Å². The fourth-order valence-corrected chi connectivity index (χ4v) is 3.23. The van der Waals surface area contributed by atoms with Crippen molar-refractivity contribution in [2.45, 2.75) is 13.0 Å². The van der Waals surface area contributed by atoms with Gasteiger partial charge in [-0.25, -0.2) is 5.43 Å². The summed E-state index contributed by atoms with van der Waals surface area (Å²) >= 11 is 0. The third-order valence-corrected chi connectivity index (χ3v) is 4.61. The number of hydrazone groups is 1. The molecule has 0 spiro atoms. The fraction of sp³-hybridized carbons (Fsp3) is 0.261. The highest BCUT2D eigenvalue weighted by atomic mass is 16.5. The summed E-state index contributed by atoms with van der Waals surface area (Å²) < 4.78 is 21.7. The van der Waals surface area contributed by atoms with E-state index >= 15 is 0 Å². The van der Waals surface area contributed by atoms with Crippen molar-refractivity contribution in [2.24, 2.45) is 5.10 Å². The molecule has 8 heteroatoms.